The number of hydrogen-bond acceptors (Lipinski definition) is 1. The smallest absolute Gasteiger partial charge is 0.151 e. The molecule has 1 nitrogen and oxygen atoms in total. The van der Waals surface area contributed by atoms with Crippen LogP contribution >= 0.6 is 11.6 Å². The standard InChI is InChI=1S/C13H8ClFO/c14-13-10(8-16)6-7-11(15)12(13)9-4-2-1-3-5-9/h1-8H. The highest BCUT2D eigenvalue weighted by Crippen LogP contribution is 2.32. The predicted octanol–water partition coefficient (Wildman–Crippen LogP) is 3.96. The zero-order valence-electron chi connectivity index (χ0n) is 8.28. The molecule has 0 saturated heterocycles. The lowest BCUT2D eigenvalue weighted by Gasteiger charge is -2.07. The first-order valence-electron chi connectivity index (χ1n) is 4.72. The highest BCUT2D eigenvalue weighted by molar-refractivity contribution is 6.35. The molecule has 16 heavy (non-hydrogen) atoms. The summed E-state index contributed by atoms with van der Waals surface area (Å²) in [6.45, 7) is 0. The number of aldehydes is 1. The van der Waals surface area contributed by atoms with Gasteiger partial charge in [-0.2, -0.15) is 0 Å². The van der Waals surface area contributed by atoms with Crippen molar-refractivity contribution >= 4 is 17.9 Å². The van der Waals surface area contributed by atoms with Crippen LogP contribution in [0.25, 0.3) is 11.1 Å². The van der Waals surface area contributed by atoms with Crippen LogP contribution < -0.4 is 0 Å². The minimum absolute atomic E-state index is 0.154. The number of carbonyl (C=O) groups excluding carboxylic acids is 1. The molecule has 3 heteroatoms. The van der Waals surface area contributed by atoms with Crippen molar-refractivity contribution in [3.63, 3.8) is 0 Å². The Balaban J connectivity index is 2.69. The maximum atomic E-state index is 13.7. The zero-order valence-corrected chi connectivity index (χ0v) is 9.04. The lowest BCUT2D eigenvalue weighted by atomic mass is 10.0. The molecule has 80 valence electrons. The molecule has 0 aliphatic rings. The quantitative estimate of drug-likeness (QED) is 0.719. The second-order valence-electron chi connectivity index (χ2n) is 3.31. The van der Waals surface area contributed by atoms with Crippen LogP contribution in [0.1, 0.15) is 10.4 Å². The Kier molecular flexibility index (Phi) is 3.02. The largest absolute Gasteiger partial charge is 0.298 e. The molecule has 0 aliphatic heterocycles. The molecule has 0 saturated carbocycles. The van der Waals surface area contributed by atoms with Crippen molar-refractivity contribution < 1.29 is 9.18 Å². The second kappa shape index (κ2) is 4.45. The summed E-state index contributed by atoms with van der Waals surface area (Å²) in [5.41, 5.74) is 1.22. The first-order valence-corrected chi connectivity index (χ1v) is 5.10. The molecule has 0 fully saturated rings. The van der Waals surface area contributed by atoms with E-state index in [2.05, 4.69) is 0 Å². The van der Waals surface area contributed by atoms with Crippen LogP contribution in [-0.2, 0) is 0 Å². The van der Waals surface area contributed by atoms with Crippen LogP contribution in [-0.4, -0.2) is 6.29 Å². The molecule has 0 radical (unpaired) electrons. The summed E-state index contributed by atoms with van der Waals surface area (Å²) in [6, 6.07) is 11.5. The van der Waals surface area contributed by atoms with Crippen LogP contribution in [0.2, 0.25) is 5.02 Å². The maximum Gasteiger partial charge on any atom is 0.151 e. The van der Waals surface area contributed by atoms with Gasteiger partial charge in [-0.15, -0.1) is 0 Å². The molecular formula is C13H8ClFO. The lowest BCUT2D eigenvalue weighted by Crippen LogP contribution is -1.91. The van der Waals surface area contributed by atoms with Gasteiger partial charge in [-0.25, -0.2) is 4.39 Å². The van der Waals surface area contributed by atoms with Crippen LogP contribution in [0.5, 0.6) is 0 Å². The van der Waals surface area contributed by atoms with Crippen molar-refractivity contribution in [3.8, 4) is 11.1 Å². The van der Waals surface area contributed by atoms with E-state index in [9.17, 15) is 9.18 Å². The van der Waals surface area contributed by atoms with Gasteiger partial charge in [0.15, 0.2) is 6.29 Å². The van der Waals surface area contributed by atoms with E-state index in [4.69, 9.17) is 11.6 Å². The molecule has 2 aromatic carbocycles. The molecule has 0 bridgehead atoms. The number of benzene rings is 2. The second-order valence-corrected chi connectivity index (χ2v) is 3.69. The minimum atomic E-state index is -0.429. The first-order chi connectivity index (χ1) is 7.74. The average Bonchev–Trinajstić information content (AvgIpc) is 2.31. The summed E-state index contributed by atoms with van der Waals surface area (Å²) in [6.07, 6.45) is 0.619. The van der Waals surface area contributed by atoms with Gasteiger partial charge in [0, 0.05) is 11.1 Å². The maximum absolute atomic E-state index is 13.7. The Bertz CT molecular complexity index is 523. The van der Waals surface area contributed by atoms with E-state index in [1.807, 2.05) is 6.07 Å². The van der Waals surface area contributed by atoms with E-state index in [-0.39, 0.29) is 10.6 Å². The van der Waals surface area contributed by atoms with Crippen molar-refractivity contribution in [1.82, 2.24) is 0 Å². The fourth-order valence-electron chi connectivity index (χ4n) is 1.53. The Morgan fingerprint density at radius 2 is 1.75 bits per heavy atom. The number of rotatable bonds is 2. The number of carbonyl (C=O) groups is 1. The van der Waals surface area contributed by atoms with Gasteiger partial charge >= 0.3 is 0 Å². The topological polar surface area (TPSA) is 17.1 Å². The molecule has 0 heterocycles. The first kappa shape index (κ1) is 10.8. The number of hydrogen-bond donors (Lipinski definition) is 0. The predicted molar refractivity (Wildman–Crippen MR) is 62.2 cm³/mol. The third-order valence-electron chi connectivity index (χ3n) is 2.31. The molecule has 2 rings (SSSR count). The van der Waals surface area contributed by atoms with Crippen molar-refractivity contribution in [2.24, 2.45) is 0 Å². The summed E-state index contributed by atoms with van der Waals surface area (Å²) >= 11 is 5.98. The highest BCUT2D eigenvalue weighted by Gasteiger charge is 2.12. The van der Waals surface area contributed by atoms with Gasteiger partial charge in [0.05, 0.1) is 5.02 Å². The van der Waals surface area contributed by atoms with Crippen LogP contribution in [0.4, 0.5) is 4.39 Å². The summed E-state index contributed by atoms with van der Waals surface area (Å²) in [5, 5.41) is 0.154. The molecule has 0 atom stereocenters. The minimum Gasteiger partial charge on any atom is -0.298 e. The lowest BCUT2D eigenvalue weighted by molar-refractivity contribution is 0.112. The van der Waals surface area contributed by atoms with E-state index >= 15 is 0 Å². The third-order valence-corrected chi connectivity index (χ3v) is 2.72. The van der Waals surface area contributed by atoms with Gasteiger partial charge in [-0.05, 0) is 17.7 Å². The van der Waals surface area contributed by atoms with Gasteiger partial charge in [-0.1, -0.05) is 41.9 Å². The molecule has 0 aliphatic carbocycles. The van der Waals surface area contributed by atoms with E-state index in [1.54, 1.807) is 24.3 Å². The Labute approximate surface area is 97.5 Å². The van der Waals surface area contributed by atoms with E-state index in [0.717, 1.165) is 0 Å². The highest BCUT2D eigenvalue weighted by atomic mass is 35.5. The molecule has 0 unspecified atom stereocenters. The van der Waals surface area contributed by atoms with Crippen molar-refractivity contribution in [1.29, 1.82) is 0 Å². The molecule has 0 amide bonds. The summed E-state index contributed by atoms with van der Waals surface area (Å²) < 4.78 is 13.7. The van der Waals surface area contributed by atoms with Crippen molar-refractivity contribution in [2.45, 2.75) is 0 Å². The van der Waals surface area contributed by atoms with Gasteiger partial charge in [0.1, 0.15) is 5.82 Å². The Hall–Kier alpha value is -1.67. The molecular weight excluding hydrogens is 227 g/mol. The van der Waals surface area contributed by atoms with E-state index < -0.39 is 5.82 Å². The Morgan fingerprint density at radius 3 is 2.38 bits per heavy atom. The fraction of sp³-hybridized carbons (Fsp3) is 0. The van der Waals surface area contributed by atoms with Crippen LogP contribution in [0.15, 0.2) is 42.5 Å². The fourth-order valence-corrected chi connectivity index (χ4v) is 1.84. The van der Waals surface area contributed by atoms with Crippen molar-refractivity contribution in [2.75, 3.05) is 0 Å². The van der Waals surface area contributed by atoms with Crippen LogP contribution in [0, 0.1) is 5.82 Å². The van der Waals surface area contributed by atoms with Gasteiger partial charge < -0.3 is 0 Å². The van der Waals surface area contributed by atoms with Gasteiger partial charge in [0.2, 0.25) is 0 Å². The molecule has 0 aromatic heterocycles. The van der Waals surface area contributed by atoms with Crippen molar-refractivity contribution in [3.05, 3.63) is 58.9 Å². The normalized spacial score (nSPS) is 10.1. The van der Waals surface area contributed by atoms with E-state index in [0.29, 0.717) is 17.4 Å². The molecule has 2 aromatic rings. The third kappa shape index (κ3) is 1.84. The number of halogens is 2. The van der Waals surface area contributed by atoms with Gasteiger partial charge in [-0.3, -0.25) is 4.79 Å². The van der Waals surface area contributed by atoms with Crippen LogP contribution in [0.3, 0.4) is 0 Å². The zero-order chi connectivity index (χ0) is 11.5. The summed E-state index contributed by atoms with van der Waals surface area (Å²) in [4.78, 5) is 10.7. The summed E-state index contributed by atoms with van der Waals surface area (Å²) in [7, 11) is 0. The molecule has 0 spiro atoms. The average molecular weight is 235 g/mol. The SMILES string of the molecule is O=Cc1ccc(F)c(-c2ccccc2)c1Cl. The molecule has 0 N–H and O–H groups in total. The van der Waals surface area contributed by atoms with Gasteiger partial charge in [0.25, 0.3) is 0 Å². The Morgan fingerprint density at radius 1 is 1.06 bits per heavy atom. The van der Waals surface area contributed by atoms with E-state index in [1.165, 1.54) is 12.1 Å². The monoisotopic (exact) mass is 234 g/mol. The summed E-state index contributed by atoms with van der Waals surface area (Å²) in [5.74, 6) is -0.429.